The van der Waals surface area contributed by atoms with Gasteiger partial charge in [-0.1, -0.05) is 0 Å². The largest absolute Gasteiger partial charge is 0.465 e. The van der Waals surface area contributed by atoms with Gasteiger partial charge in [0, 0.05) is 32.4 Å². The Bertz CT molecular complexity index is 431. The number of methoxy groups -OCH3 is 1. The first kappa shape index (κ1) is 12.8. The first-order valence-corrected chi connectivity index (χ1v) is 5.97. The molecule has 18 heavy (non-hydrogen) atoms. The third-order valence-corrected chi connectivity index (χ3v) is 3.04. The number of carbonyl (C=O) groups is 1. The van der Waals surface area contributed by atoms with Crippen molar-refractivity contribution in [2.45, 2.75) is 18.8 Å². The van der Waals surface area contributed by atoms with Crippen molar-refractivity contribution in [1.82, 2.24) is 9.97 Å². The van der Waals surface area contributed by atoms with Crippen LogP contribution in [0.5, 0.6) is 0 Å². The molecular formula is C12H17N3O3. The van der Waals surface area contributed by atoms with Gasteiger partial charge in [0.2, 0.25) is 0 Å². The Balaban J connectivity index is 2.26. The molecule has 0 amide bonds. The molecule has 0 unspecified atom stereocenters. The number of nitrogens with zero attached hydrogens (tertiary/aromatic N) is 2. The van der Waals surface area contributed by atoms with Gasteiger partial charge in [-0.05, 0) is 12.8 Å². The van der Waals surface area contributed by atoms with Gasteiger partial charge in [-0.2, -0.15) is 0 Å². The summed E-state index contributed by atoms with van der Waals surface area (Å²) in [5.41, 5.74) is 0.357. The summed E-state index contributed by atoms with van der Waals surface area (Å²) in [5.74, 6) is 1.14. The molecule has 6 heteroatoms. The summed E-state index contributed by atoms with van der Waals surface area (Å²) in [6.07, 6.45) is 3.36. The molecule has 2 heterocycles. The first-order chi connectivity index (χ1) is 8.76. The van der Waals surface area contributed by atoms with Gasteiger partial charge in [0.15, 0.2) is 0 Å². The van der Waals surface area contributed by atoms with Crippen molar-refractivity contribution in [3.8, 4) is 0 Å². The molecule has 0 aliphatic carbocycles. The average molecular weight is 251 g/mol. The van der Waals surface area contributed by atoms with Crippen LogP contribution in [0.2, 0.25) is 0 Å². The second-order valence-corrected chi connectivity index (χ2v) is 4.12. The Morgan fingerprint density at radius 1 is 1.50 bits per heavy atom. The number of hydrogen-bond acceptors (Lipinski definition) is 6. The second kappa shape index (κ2) is 5.77. The monoisotopic (exact) mass is 251 g/mol. The Hall–Kier alpha value is -1.69. The fourth-order valence-electron chi connectivity index (χ4n) is 2.00. The van der Waals surface area contributed by atoms with Crippen LogP contribution in [0.25, 0.3) is 0 Å². The molecule has 2 rings (SSSR count). The van der Waals surface area contributed by atoms with Gasteiger partial charge in [-0.25, -0.2) is 14.8 Å². The van der Waals surface area contributed by atoms with Crippen LogP contribution < -0.4 is 5.32 Å². The molecule has 1 aliphatic heterocycles. The lowest BCUT2D eigenvalue weighted by Crippen LogP contribution is -2.18. The molecule has 1 aromatic rings. The number of ether oxygens (including phenoxy) is 2. The minimum atomic E-state index is -0.433. The van der Waals surface area contributed by atoms with Gasteiger partial charge in [0.05, 0.1) is 7.11 Å². The van der Waals surface area contributed by atoms with Crippen LogP contribution in [0.1, 0.15) is 34.9 Å². The first-order valence-electron chi connectivity index (χ1n) is 5.97. The average Bonchev–Trinajstić information content (AvgIpc) is 2.46. The molecule has 98 valence electrons. The maximum absolute atomic E-state index is 11.5. The summed E-state index contributed by atoms with van der Waals surface area (Å²) in [6, 6.07) is 0. The number of aromatic nitrogens is 2. The van der Waals surface area contributed by atoms with Crippen molar-refractivity contribution in [2.24, 2.45) is 0 Å². The topological polar surface area (TPSA) is 73.3 Å². The summed E-state index contributed by atoms with van der Waals surface area (Å²) >= 11 is 0. The predicted molar refractivity (Wildman–Crippen MR) is 65.7 cm³/mol. The Kier molecular flexibility index (Phi) is 4.09. The molecule has 1 saturated heterocycles. The molecule has 1 aliphatic rings. The van der Waals surface area contributed by atoms with E-state index in [2.05, 4.69) is 20.0 Å². The van der Waals surface area contributed by atoms with Gasteiger partial charge >= 0.3 is 5.97 Å². The predicted octanol–water partition coefficient (Wildman–Crippen LogP) is 1.20. The molecule has 0 aromatic carbocycles. The minimum absolute atomic E-state index is 0.303. The van der Waals surface area contributed by atoms with E-state index in [9.17, 15) is 4.79 Å². The molecule has 0 bridgehead atoms. The van der Waals surface area contributed by atoms with Crippen LogP contribution in [0.4, 0.5) is 5.82 Å². The maximum atomic E-state index is 11.5. The van der Waals surface area contributed by atoms with Gasteiger partial charge in [-0.3, -0.25) is 0 Å². The van der Waals surface area contributed by atoms with Crippen LogP contribution in [-0.4, -0.2) is 43.3 Å². The van der Waals surface area contributed by atoms with Crippen molar-refractivity contribution < 1.29 is 14.3 Å². The van der Waals surface area contributed by atoms with Crippen LogP contribution in [0.15, 0.2) is 6.20 Å². The van der Waals surface area contributed by atoms with Crippen molar-refractivity contribution in [1.29, 1.82) is 0 Å². The zero-order chi connectivity index (χ0) is 13.0. The van der Waals surface area contributed by atoms with E-state index in [4.69, 9.17) is 4.74 Å². The molecule has 0 atom stereocenters. The number of anilines is 1. The fourth-order valence-corrected chi connectivity index (χ4v) is 2.00. The Morgan fingerprint density at radius 2 is 2.22 bits per heavy atom. The summed E-state index contributed by atoms with van der Waals surface area (Å²) < 4.78 is 10.00. The summed E-state index contributed by atoms with van der Waals surface area (Å²) in [5, 5.41) is 2.91. The number of rotatable bonds is 3. The van der Waals surface area contributed by atoms with E-state index in [0.717, 1.165) is 31.9 Å². The van der Waals surface area contributed by atoms with E-state index in [-0.39, 0.29) is 0 Å². The normalized spacial score (nSPS) is 16.3. The highest BCUT2D eigenvalue weighted by Gasteiger charge is 2.21. The third-order valence-electron chi connectivity index (χ3n) is 3.04. The lowest BCUT2D eigenvalue weighted by atomic mass is 9.99. The summed E-state index contributed by atoms with van der Waals surface area (Å²) in [7, 11) is 3.07. The number of nitrogens with one attached hydrogen (secondary N) is 1. The number of esters is 1. The van der Waals surface area contributed by atoms with Crippen molar-refractivity contribution >= 4 is 11.8 Å². The van der Waals surface area contributed by atoms with E-state index >= 15 is 0 Å². The zero-order valence-electron chi connectivity index (χ0n) is 10.6. The minimum Gasteiger partial charge on any atom is -0.465 e. The van der Waals surface area contributed by atoms with Crippen molar-refractivity contribution in [2.75, 3.05) is 32.7 Å². The molecular weight excluding hydrogens is 234 g/mol. The van der Waals surface area contributed by atoms with E-state index < -0.39 is 5.97 Å². The highest BCUT2D eigenvalue weighted by Crippen LogP contribution is 2.25. The lowest BCUT2D eigenvalue weighted by molar-refractivity contribution is 0.0600. The standard InChI is InChI=1S/C12H17N3O3/c1-13-11-9(12(16)17-2)7-14-10(15-11)8-3-5-18-6-4-8/h7-8H,3-6H2,1-2H3,(H,13,14,15). The van der Waals surface area contributed by atoms with Crippen molar-refractivity contribution in [3.05, 3.63) is 17.6 Å². The van der Waals surface area contributed by atoms with Crippen LogP contribution in [-0.2, 0) is 9.47 Å². The Labute approximate surface area is 106 Å². The molecule has 1 aromatic heterocycles. The quantitative estimate of drug-likeness (QED) is 0.814. The van der Waals surface area contributed by atoms with E-state index in [1.807, 2.05) is 0 Å². The molecule has 0 radical (unpaired) electrons. The van der Waals surface area contributed by atoms with Gasteiger partial charge < -0.3 is 14.8 Å². The zero-order valence-corrected chi connectivity index (χ0v) is 10.6. The van der Waals surface area contributed by atoms with Crippen LogP contribution in [0, 0.1) is 0 Å². The molecule has 0 spiro atoms. The van der Waals surface area contributed by atoms with Crippen LogP contribution in [0.3, 0.4) is 0 Å². The second-order valence-electron chi connectivity index (χ2n) is 4.12. The molecule has 6 nitrogen and oxygen atoms in total. The maximum Gasteiger partial charge on any atom is 0.343 e. The smallest absolute Gasteiger partial charge is 0.343 e. The molecule has 1 N–H and O–H groups in total. The fraction of sp³-hybridized carbons (Fsp3) is 0.583. The SMILES string of the molecule is CNc1nc(C2CCOCC2)ncc1C(=O)OC. The Morgan fingerprint density at radius 3 is 2.83 bits per heavy atom. The van der Waals surface area contributed by atoms with Crippen LogP contribution >= 0.6 is 0 Å². The molecule has 1 fully saturated rings. The highest BCUT2D eigenvalue weighted by atomic mass is 16.5. The van der Waals surface area contributed by atoms with E-state index in [1.54, 1.807) is 7.05 Å². The van der Waals surface area contributed by atoms with Gasteiger partial charge in [-0.15, -0.1) is 0 Å². The van der Waals surface area contributed by atoms with Crippen molar-refractivity contribution in [3.63, 3.8) is 0 Å². The van der Waals surface area contributed by atoms with Gasteiger partial charge in [0.1, 0.15) is 17.2 Å². The summed E-state index contributed by atoms with van der Waals surface area (Å²) in [4.78, 5) is 20.2. The number of carbonyl (C=O) groups excluding carboxylic acids is 1. The molecule has 0 saturated carbocycles. The third kappa shape index (κ3) is 2.59. The van der Waals surface area contributed by atoms with Gasteiger partial charge in [0.25, 0.3) is 0 Å². The highest BCUT2D eigenvalue weighted by molar-refractivity contribution is 5.94. The van der Waals surface area contributed by atoms with E-state index in [1.165, 1.54) is 13.3 Å². The van der Waals surface area contributed by atoms with E-state index in [0.29, 0.717) is 17.3 Å². The summed E-state index contributed by atoms with van der Waals surface area (Å²) in [6.45, 7) is 1.48. The lowest BCUT2D eigenvalue weighted by Gasteiger charge is -2.21. The number of hydrogen-bond donors (Lipinski definition) is 1.